The van der Waals surface area contributed by atoms with Gasteiger partial charge in [-0.25, -0.2) is 4.98 Å². The van der Waals surface area contributed by atoms with Crippen molar-refractivity contribution < 1.29 is 19.0 Å². The number of carbonyl (C=O) groups is 1. The molecule has 0 spiro atoms. The van der Waals surface area contributed by atoms with E-state index in [2.05, 4.69) is 10.3 Å². The highest BCUT2D eigenvalue weighted by atomic mass is 35.5. The van der Waals surface area contributed by atoms with Gasteiger partial charge in [-0.3, -0.25) is 4.79 Å². The van der Waals surface area contributed by atoms with E-state index >= 15 is 0 Å². The highest BCUT2D eigenvalue weighted by Gasteiger charge is 2.15. The number of ether oxygens (including phenoxy) is 3. The zero-order valence-electron chi connectivity index (χ0n) is 14.3. The number of benzene rings is 1. The summed E-state index contributed by atoms with van der Waals surface area (Å²) in [5, 5.41) is 5.94. The van der Waals surface area contributed by atoms with Gasteiger partial charge in [-0.15, -0.1) is 11.3 Å². The first-order valence-electron chi connectivity index (χ1n) is 8.47. The third kappa shape index (κ3) is 5.95. The number of amides is 1. The average molecular weight is 397 g/mol. The van der Waals surface area contributed by atoms with Crippen molar-refractivity contribution in [3.63, 3.8) is 0 Å². The summed E-state index contributed by atoms with van der Waals surface area (Å²) in [6, 6.07) is 7.11. The summed E-state index contributed by atoms with van der Waals surface area (Å²) in [4.78, 5) is 16.4. The van der Waals surface area contributed by atoms with Crippen LogP contribution in [0.5, 0.6) is 5.75 Å². The van der Waals surface area contributed by atoms with E-state index in [4.69, 9.17) is 25.8 Å². The van der Waals surface area contributed by atoms with Crippen LogP contribution >= 0.6 is 22.9 Å². The van der Waals surface area contributed by atoms with Crippen LogP contribution in [0, 0.1) is 5.92 Å². The number of rotatable bonds is 9. The largest absolute Gasteiger partial charge is 0.486 e. The second kappa shape index (κ2) is 9.87. The Labute approximate surface area is 161 Å². The number of carbonyl (C=O) groups excluding carboxylic acids is 1. The Hall–Kier alpha value is -1.67. The zero-order valence-corrected chi connectivity index (χ0v) is 15.9. The molecule has 0 bridgehead atoms. The molecule has 1 saturated heterocycles. The highest BCUT2D eigenvalue weighted by Crippen LogP contribution is 2.18. The summed E-state index contributed by atoms with van der Waals surface area (Å²) in [5.41, 5.74) is 0.397. The van der Waals surface area contributed by atoms with Gasteiger partial charge in [-0.05, 0) is 30.7 Å². The van der Waals surface area contributed by atoms with E-state index in [1.807, 2.05) is 0 Å². The molecule has 1 aromatic heterocycles. The number of hydrogen-bond acceptors (Lipinski definition) is 6. The molecule has 1 amide bonds. The Balaban J connectivity index is 1.35. The maximum atomic E-state index is 12.1. The quantitative estimate of drug-likeness (QED) is 0.659. The lowest BCUT2D eigenvalue weighted by molar-refractivity contribution is 0.0821. The number of halogens is 1. The molecule has 6 nitrogen and oxygen atoms in total. The van der Waals surface area contributed by atoms with Crippen LogP contribution in [0.3, 0.4) is 0 Å². The smallest absolute Gasteiger partial charge is 0.270 e. The molecule has 1 aromatic carbocycles. The van der Waals surface area contributed by atoms with Crippen LogP contribution < -0.4 is 10.1 Å². The van der Waals surface area contributed by atoms with Crippen molar-refractivity contribution in [3.8, 4) is 5.75 Å². The minimum Gasteiger partial charge on any atom is -0.486 e. The summed E-state index contributed by atoms with van der Waals surface area (Å²) < 4.78 is 16.5. The van der Waals surface area contributed by atoms with Crippen molar-refractivity contribution in [1.29, 1.82) is 0 Å². The van der Waals surface area contributed by atoms with Crippen LogP contribution in [-0.2, 0) is 16.1 Å². The molecular formula is C18H21ClN2O4S. The summed E-state index contributed by atoms with van der Waals surface area (Å²) in [5.74, 6) is 0.986. The SMILES string of the molecule is O=C(NCCOCC1CCOC1)c1csc(COc2ccc(Cl)cc2)n1. The Morgan fingerprint density at radius 2 is 2.23 bits per heavy atom. The number of aromatic nitrogens is 1. The van der Waals surface area contributed by atoms with Gasteiger partial charge in [-0.1, -0.05) is 11.6 Å². The topological polar surface area (TPSA) is 69.7 Å². The molecule has 1 atom stereocenters. The Morgan fingerprint density at radius 1 is 1.38 bits per heavy atom. The van der Waals surface area contributed by atoms with Crippen molar-refractivity contribution in [2.75, 3.05) is 33.0 Å². The molecule has 26 heavy (non-hydrogen) atoms. The number of nitrogens with one attached hydrogen (secondary N) is 1. The van der Waals surface area contributed by atoms with E-state index in [0.717, 1.165) is 24.6 Å². The minimum absolute atomic E-state index is 0.202. The normalized spacial score (nSPS) is 16.6. The molecule has 2 aromatic rings. The van der Waals surface area contributed by atoms with Gasteiger partial charge >= 0.3 is 0 Å². The van der Waals surface area contributed by atoms with Gasteiger partial charge in [0.1, 0.15) is 23.1 Å². The molecule has 0 saturated carbocycles. The van der Waals surface area contributed by atoms with Crippen molar-refractivity contribution in [2.24, 2.45) is 5.92 Å². The standard InChI is InChI=1S/C18H21ClN2O4S/c19-14-1-3-15(4-2-14)25-11-17-21-16(12-26-17)18(22)20-6-8-24-10-13-5-7-23-9-13/h1-4,12-13H,5-11H2,(H,20,22). The lowest BCUT2D eigenvalue weighted by atomic mass is 10.1. The zero-order chi connectivity index (χ0) is 18.2. The summed E-state index contributed by atoms with van der Waals surface area (Å²) >= 11 is 7.23. The van der Waals surface area contributed by atoms with E-state index < -0.39 is 0 Å². The first-order valence-corrected chi connectivity index (χ1v) is 9.73. The van der Waals surface area contributed by atoms with Crippen molar-refractivity contribution in [2.45, 2.75) is 13.0 Å². The van der Waals surface area contributed by atoms with Gasteiger partial charge in [0.25, 0.3) is 5.91 Å². The van der Waals surface area contributed by atoms with Gasteiger partial charge < -0.3 is 19.5 Å². The summed E-state index contributed by atoms with van der Waals surface area (Å²) in [6.07, 6.45) is 1.05. The fourth-order valence-electron chi connectivity index (χ4n) is 2.45. The van der Waals surface area contributed by atoms with Crippen LogP contribution in [0.2, 0.25) is 5.02 Å². The van der Waals surface area contributed by atoms with Crippen LogP contribution in [0.1, 0.15) is 21.9 Å². The van der Waals surface area contributed by atoms with Crippen LogP contribution in [0.4, 0.5) is 0 Å². The molecule has 1 unspecified atom stereocenters. The van der Waals surface area contributed by atoms with E-state index in [1.165, 1.54) is 11.3 Å². The van der Waals surface area contributed by atoms with Gasteiger partial charge in [0.05, 0.1) is 19.8 Å². The van der Waals surface area contributed by atoms with E-state index in [9.17, 15) is 4.79 Å². The van der Waals surface area contributed by atoms with E-state index in [-0.39, 0.29) is 5.91 Å². The third-order valence-corrected chi connectivity index (χ3v) is 4.94. The second-order valence-electron chi connectivity index (χ2n) is 5.93. The molecule has 140 valence electrons. The molecule has 1 aliphatic heterocycles. The molecule has 3 rings (SSSR count). The first kappa shape index (κ1) is 19.1. The van der Waals surface area contributed by atoms with Crippen LogP contribution in [0.25, 0.3) is 0 Å². The lowest BCUT2D eigenvalue weighted by Crippen LogP contribution is -2.28. The molecule has 1 aliphatic rings. The van der Waals surface area contributed by atoms with Crippen molar-refractivity contribution >= 4 is 28.8 Å². The van der Waals surface area contributed by atoms with E-state index in [1.54, 1.807) is 29.6 Å². The maximum Gasteiger partial charge on any atom is 0.270 e. The van der Waals surface area contributed by atoms with Gasteiger partial charge in [0, 0.05) is 29.5 Å². The number of nitrogens with zero attached hydrogens (tertiary/aromatic N) is 1. The summed E-state index contributed by atoms with van der Waals surface area (Å²) in [6.45, 7) is 3.52. The monoisotopic (exact) mass is 396 g/mol. The van der Waals surface area contributed by atoms with Gasteiger partial charge in [-0.2, -0.15) is 0 Å². The van der Waals surface area contributed by atoms with E-state index in [0.29, 0.717) is 48.7 Å². The minimum atomic E-state index is -0.202. The van der Waals surface area contributed by atoms with Crippen LogP contribution in [-0.4, -0.2) is 43.9 Å². The molecule has 2 heterocycles. The second-order valence-corrected chi connectivity index (χ2v) is 7.31. The lowest BCUT2D eigenvalue weighted by Gasteiger charge is -2.09. The third-order valence-electron chi connectivity index (χ3n) is 3.87. The maximum absolute atomic E-state index is 12.1. The Kier molecular flexibility index (Phi) is 7.25. The fourth-order valence-corrected chi connectivity index (χ4v) is 3.26. The predicted molar refractivity (Wildman–Crippen MR) is 100.0 cm³/mol. The van der Waals surface area contributed by atoms with Crippen molar-refractivity contribution in [1.82, 2.24) is 10.3 Å². The first-order chi connectivity index (χ1) is 12.7. The molecule has 8 heteroatoms. The Morgan fingerprint density at radius 3 is 3.00 bits per heavy atom. The average Bonchev–Trinajstić information content (AvgIpc) is 3.33. The fraction of sp³-hybridized carbons (Fsp3) is 0.444. The molecule has 0 radical (unpaired) electrons. The number of hydrogen-bond donors (Lipinski definition) is 1. The Bertz CT molecular complexity index is 701. The van der Waals surface area contributed by atoms with Crippen LogP contribution in [0.15, 0.2) is 29.6 Å². The highest BCUT2D eigenvalue weighted by molar-refractivity contribution is 7.09. The van der Waals surface area contributed by atoms with Gasteiger partial charge in [0.15, 0.2) is 0 Å². The van der Waals surface area contributed by atoms with Crippen molar-refractivity contribution in [3.05, 3.63) is 45.4 Å². The molecule has 1 N–H and O–H groups in total. The number of thiazole rings is 1. The summed E-state index contributed by atoms with van der Waals surface area (Å²) in [7, 11) is 0. The predicted octanol–water partition coefficient (Wildman–Crippen LogP) is 3.16. The molecule has 1 fully saturated rings. The molecule has 0 aliphatic carbocycles. The molecular weight excluding hydrogens is 376 g/mol. The van der Waals surface area contributed by atoms with Gasteiger partial charge in [0.2, 0.25) is 0 Å².